The molecular formula is C13H19NO. The molecule has 0 fully saturated rings. The third-order valence-electron chi connectivity index (χ3n) is 2.24. The summed E-state index contributed by atoms with van der Waals surface area (Å²) in [5, 5.41) is 0. The van der Waals surface area contributed by atoms with Crippen LogP contribution in [0.25, 0.3) is 0 Å². The first kappa shape index (κ1) is 11.8. The molecule has 0 aromatic heterocycles. The average molecular weight is 205 g/mol. The highest BCUT2D eigenvalue weighted by Gasteiger charge is 2.07. The normalized spacial score (nSPS) is 12.2. The van der Waals surface area contributed by atoms with Crippen LogP contribution in [0.15, 0.2) is 30.9 Å². The van der Waals surface area contributed by atoms with E-state index in [9.17, 15) is 0 Å². The fraction of sp³-hybridized carbons (Fsp3) is 0.385. The van der Waals surface area contributed by atoms with Crippen LogP contribution in [0.1, 0.15) is 30.5 Å². The van der Waals surface area contributed by atoms with Crippen LogP contribution in [0.2, 0.25) is 0 Å². The Labute approximate surface area is 91.7 Å². The molecule has 0 bridgehead atoms. The summed E-state index contributed by atoms with van der Waals surface area (Å²) in [4.78, 5) is 0. The van der Waals surface area contributed by atoms with Crippen molar-refractivity contribution >= 4 is 0 Å². The van der Waals surface area contributed by atoms with Crippen molar-refractivity contribution in [1.82, 2.24) is 0 Å². The smallest absolute Gasteiger partial charge is 0.124 e. The molecule has 1 aromatic rings. The molecule has 0 aliphatic carbocycles. The van der Waals surface area contributed by atoms with Crippen LogP contribution in [-0.2, 0) is 0 Å². The largest absolute Gasteiger partial charge is 0.493 e. The first-order valence-electron chi connectivity index (χ1n) is 5.25. The molecule has 2 nitrogen and oxygen atoms in total. The van der Waals surface area contributed by atoms with E-state index in [1.807, 2.05) is 32.1 Å². The summed E-state index contributed by atoms with van der Waals surface area (Å²) in [6.07, 6.45) is 2.70. The number of hydrogen-bond donors (Lipinski definition) is 1. The molecule has 0 saturated heterocycles. The van der Waals surface area contributed by atoms with Gasteiger partial charge in [-0.25, -0.2) is 0 Å². The summed E-state index contributed by atoms with van der Waals surface area (Å²) in [5.74, 6) is 0.895. The van der Waals surface area contributed by atoms with E-state index in [2.05, 4.69) is 12.6 Å². The van der Waals surface area contributed by atoms with E-state index in [1.54, 1.807) is 0 Å². The maximum Gasteiger partial charge on any atom is 0.124 e. The molecule has 0 amide bonds. The second-order valence-corrected chi connectivity index (χ2v) is 3.76. The SMILES string of the molecule is C=CCCOc1cc(C)ccc1[C@H](C)N. The van der Waals surface area contributed by atoms with Gasteiger partial charge in [0.15, 0.2) is 0 Å². The second-order valence-electron chi connectivity index (χ2n) is 3.76. The van der Waals surface area contributed by atoms with Crippen molar-refractivity contribution in [1.29, 1.82) is 0 Å². The molecule has 0 saturated carbocycles. The zero-order chi connectivity index (χ0) is 11.3. The Hall–Kier alpha value is -1.28. The molecule has 15 heavy (non-hydrogen) atoms. The molecule has 0 heterocycles. The Morgan fingerprint density at radius 3 is 2.87 bits per heavy atom. The maximum absolute atomic E-state index is 5.87. The van der Waals surface area contributed by atoms with E-state index in [0.717, 1.165) is 17.7 Å². The third kappa shape index (κ3) is 3.40. The van der Waals surface area contributed by atoms with E-state index in [-0.39, 0.29) is 6.04 Å². The van der Waals surface area contributed by atoms with Crippen molar-refractivity contribution in [3.8, 4) is 5.75 Å². The van der Waals surface area contributed by atoms with E-state index in [1.165, 1.54) is 5.56 Å². The van der Waals surface area contributed by atoms with Gasteiger partial charge in [0.25, 0.3) is 0 Å². The minimum atomic E-state index is 0.00401. The molecule has 1 atom stereocenters. The fourth-order valence-electron chi connectivity index (χ4n) is 1.39. The van der Waals surface area contributed by atoms with Crippen LogP contribution in [0, 0.1) is 6.92 Å². The van der Waals surface area contributed by atoms with Gasteiger partial charge in [-0.15, -0.1) is 6.58 Å². The number of ether oxygens (including phenoxy) is 1. The lowest BCUT2D eigenvalue weighted by Gasteiger charge is -2.14. The van der Waals surface area contributed by atoms with E-state index >= 15 is 0 Å². The summed E-state index contributed by atoms with van der Waals surface area (Å²) in [5.41, 5.74) is 8.12. The van der Waals surface area contributed by atoms with Gasteiger partial charge in [0.05, 0.1) is 6.61 Å². The lowest BCUT2D eigenvalue weighted by atomic mass is 10.1. The summed E-state index contributed by atoms with van der Waals surface area (Å²) in [7, 11) is 0. The summed E-state index contributed by atoms with van der Waals surface area (Å²) in [6, 6.07) is 6.12. The minimum Gasteiger partial charge on any atom is -0.493 e. The van der Waals surface area contributed by atoms with Crippen molar-refractivity contribution in [2.24, 2.45) is 5.73 Å². The van der Waals surface area contributed by atoms with Crippen LogP contribution in [-0.4, -0.2) is 6.61 Å². The number of hydrogen-bond acceptors (Lipinski definition) is 2. The minimum absolute atomic E-state index is 0.00401. The van der Waals surface area contributed by atoms with E-state index in [4.69, 9.17) is 10.5 Å². The first-order chi connectivity index (χ1) is 7.15. The molecule has 0 aliphatic rings. The van der Waals surface area contributed by atoms with Crippen molar-refractivity contribution in [3.05, 3.63) is 42.0 Å². The molecule has 0 unspecified atom stereocenters. The number of rotatable bonds is 5. The van der Waals surface area contributed by atoms with E-state index < -0.39 is 0 Å². The topological polar surface area (TPSA) is 35.2 Å². The Bertz CT molecular complexity index is 331. The van der Waals surface area contributed by atoms with Gasteiger partial charge in [-0.2, -0.15) is 0 Å². The predicted octanol–water partition coefficient (Wildman–Crippen LogP) is 2.97. The highest BCUT2D eigenvalue weighted by Crippen LogP contribution is 2.25. The molecule has 82 valence electrons. The second kappa shape index (κ2) is 5.56. The van der Waals surface area contributed by atoms with Crippen molar-refractivity contribution in [3.63, 3.8) is 0 Å². The van der Waals surface area contributed by atoms with Gasteiger partial charge >= 0.3 is 0 Å². The molecule has 2 heteroatoms. The Morgan fingerprint density at radius 1 is 1.53 bits per heavy atom. The molecule has 0 aliphatic heterocycles. The Balaban J connectivity index is 2.82. The van der Waals surface area contributed by atoms with E-state index in [0.29, 0.717) is 6.61 Å². The Morgan fingerprint density at radius 2 is 2.27 bits per heavy atom. The number of benzene rings is 1. The maximum atomic E-state index is 5.87. The van der Waals surface area contributed by atoms with Crippen molar-refractivity contribution < 1.29 is 4.74 Å². The van der Waals surface area contributed by atoms with Crippen LogP contribution in [0.3, 0.4) is 0 Å². The fourth-order valence-corrected chi connectivity index (χ4v) is 1.39. The number of aryl methyl sites for hydroxylation is 1. The first-order valence-corrected chi connectivity index (χ1v) is 5.25. The highest BCUT2D eigenvalue weighted by atomic mass is 16.5. The van der Waals surface area contributed by atoms with Gasteiger partial charge in [-0.1, -0.05) is 18.2 Å². The number of nitrogens with two attached hydrogens (primary N) is 1. The van der Waals surface area contributed by atoms with Crippen molar-refractivity contribution in [2.45, 2.75) is 26.3 Å². The molecular weight excluding hydrogens is 186 g/mol. The summed E-state index contributed by atoms with van der Waals surface area (Å²) < 4.78 is 5.67. The van der Waals surface area contributed by atoms with Gasteiger partial charge in [0.1, 0.15) is 5.75 Å². The lowest BCUT2D eigenvalue weighted by Crippen LogP contribution is -2.08. The molecule has 2 N–H and O–H groups in total. The zero-order valence-corrected chi connectivity index (χ0v) is 9.49. The lowest BCUT2D eigenvalue weighted by molar-refractivity contribution is 0.320. The summed E-state index contributed by atoms with van der Waals surface area (Å²) in [6.45, 7) is 8.33. The third-order valence-corrected chi connectivity index (χ3v) is 2.24. The van der Waals surface area contributed by atoms with Gasteiger partial charge in [-0.3, -0.25) is 0 Å². The molecule has 1 aromatic carbocycles. The van der Waals surface area contributed by atoms with Crippen LogP contribution in [0.5, 0.6) is 5.75 Å². The highest BCUT2D eigenvalue weighted by molar-refractivity contribution is 5.38. The van der Waals surface area contributed by atoms with Crippen molar-refractivity contribution in [2.75, 3.05) is 6.61 Å². The van der Waals surface area contributed by atoms with Crippen LogP contribution in [0.4, 0.5) is 0 Å². The standard InChI is InChI=1S/C13H19NO/c1-4-5-8-15-13-9-10(2)6-7-12(13)11(3)14/h4,6-7,9,11H,1,5,8,14H2,2-3H3/t11-/m0/s1. The van der Waals surface area contributed by atoms with Gasteiger partial charge in [0, 0.05) is 11.6 Å². The van der Waals surface area contributed by atoms with Gasteiger partial charge in [-0.05, 0) is 31.9 Å². The van der Waals surface area contributed by atoms with Crippen LogP contribution < -0.4 is 10.5 Å². The van der Waals surface area contributed by atoms with Gasteiger partial charge in [0.2, 0.25) is 0 Å². The molecule has 1 rings (SSSR count). The molecule has 0 radical (unpaired) electrons. The monoisotopic (exact) mass is 205 g/mol. The average Bonchev–Trinajstić information content (AvgIpc) is 2.18. The van der Waals surface area contributed by atoms with Crippen LogP contribution >= 0.6 is 0 Å². The predicted molar refractivity (Wildman–Crippen MR) is 64.1 cm³/mol. The Kier molecular flexibility index (Phi) is 4.37. The summed E-state index contributed by atoms with van der Waals surface area (Å²) >= 11 is 0. The zero-order valence-electron chi connectivity index (χ0n) is 9.49. The molecule has 0 spiro atoms. The quantitative estimate of drug-likeness (QED) is 0.592. The van der Waals surface area contributed by atoms with Gasteiger partial charge < -0.3 is 10.5 Å².